The summed E-state index contributed by atoms with van der Waals surface area (Å²) in [4.78, 5) is 4.60. The molecule has 0 aromatic rings. The van der Waals surface area contributed by atoms with Gasteiger partial charge in [0.05, 0.1) is 6.04 Å². The Kier molecular flexibility index (Phi) is 4.30. The average molecular weight is 237 g/mol. The molecule has 3 atom stereocenters. The quantitative estimate of drug-likeness (QED) is 0.573. The molecule has 0 heterocycles. The minimum Gasteiger partial charge on any atom is -0.370 e. The number of nitrogens with zero attached hydrogens (tertiary/aromatic N) is 1. The molecule has 0 aromatic heterocycles. The zero-order valence-electron chi connectivity index (χ0n) is 11.3. The fourth-order valence-electron chi connectivity index (χ4n) is 3.16. The summed E-state index contributed by atoms with van der Waals surface area (Å²) < 4.78 is 0. The van der Waals surface area contributed by atoms with Gasteiger partial charge in [0.1, 0.15) is 0 Å². The Bertz CT molecular complexity index is 269. The lowest BCUT2D eigenvalue weighted by Crippen LogP contribution is -2.44. The lowest BCUT2D eigenvalue weighted by atomic mass is 9.79. The Balaban J connectivity index is 1.79. The summed E-state index contributed by atoms with van der Waals surface area (Å²) in [6.45, 7) is 4.71. The van der Waals surface area contributed by atoms with Crippen LogP contribution in [-0.2, 0) is 0 Å². The van der Waals surface area contributed by atoms with Crippen molar-refractivity contribution in [2.75, 3.05) is 0 Å². The first-order valence-corrected chi connectivity index (χ1v) is 7.25. The van der Waals surface area contributed by atoms with Gasteiger partial charge in [-0.05, 0) is 43.9 Å². The molecule has 0 amide bonds. The number of rotatable bonds is 2. The molecule has 98 valence electrons. The monoisotopic (exact) mass is 237 g/mol. The van der Waals surface area contributed by atoms with E-state index in [9.17, 15) is 0 Å². The molecule has 2 rings (SSSR count). The van der Waals surface area contributed by atoms with E-state index >= 15 is 0 Å². The van der Waals surface area contributed by atoms with Crippen LogP contribution in [0.25, 0.3) is 0 Å². The highest BCUT2D eigenvalue weighted by atomic mass is 15.1. The number of nitrogens with two attached hydrogens (primary N) is 1. The van der Waals surface area contributed by atoms with Crippen LogP contribution in [0.4, 0.5) is 0 Å². The van der Waals surface area contributed by atoms with E-state index in [0.29, 0.717) is 18.0 Å². The van der Waals surface area contributed by atoms with Gasteiger partial charge in [-0.15, -0.1) is 0 Å². The van der Waals surface area contributed by atoms with Gasteiger partial charge in [0, 0.05) is 6.04 Å². The molecule has 3 N–H and O–H groups in total. The third-order valence-corrected chi connectivity index (χ3v) is 4.60. The van der Waals surface area contributed by atoms with Gasteiger partial charge >= 0.3 is 0 Å². The van der Waals surface area contributed by atoms with E-state index in [0.717, 1.165) is 11.8 Å². The Morgan fingerprint density at radius 3 is 2.41 bits per heavy atom. The summed E-state index contributed by atoms with van der Waals surface area (Å²) in [6.07, 6.45) is 8.88. The highest BCUT2D eigenvalue weighted by molar-refractivity contribution is 5.78. The first kappa shape index (κ1) is 12.7. The maximum atomic E-state index is 6.00. The first-order valence-electron chi connectivity index (χ1n) is 7.25. The number of aliphatic imine (C=N–C) groups is 1. The largest absolute Gasteiger partial charge is 0.370 e. The van der Waals surface area contributed by atoms with Gasteiger partial charge in [-0.3, -0.25) is 4.99 Å². The third-order valence-electron chi connectivity index (χ3n) is 4.60. The predicted molar refractivity (Wildman–Crippen MR) is 73.0 cm³/mol. The molecule has 2 fully saturated rings. The van der Waals surface area contributed by atoms with Gasteiger partial charge in [-0.1, -0.05) is 26.7 Å². The SMILES string of the molecule is CC1CCC(NC(N)=NC2CCCC2)CC1C. The smallest absolute Gasteiger partial charge is 0.189 e. The van der Waals surface area contributed by atoms with Crippen LogP contribution in [0, 0.1) is 11.8 Å². The van der Waals surface area contributed by atoms with Gasteiger partial charge < -0.3 is 11.1 Å². The summed E-state index contributed by atoms with van der Waals surface area (Å²) >= 11 is 0. The van der Waals surface area contributed by atoms with Crippen LogP contribution in [0.3, 0.4) is 0 Å². The minimum atomic E-state index is 0.488. The van der Waals surface area contributed by atoms with Crippen molar-refractivity contribution in [1.29, 1.82) is 0 Å². The maximum Gasteiger partial charge on any atom is 0.189 e. The average Bonchev–Trinajstić information content (AvgIpc) is 2.76. The molecule has 0 aromatic carbocycles. The molecule has 2 aliphatic carbocycles. The number of hydrogen-bond acceptors (Lipinski definition) is 1. The second-order valence-corrected chi connectivity index (χ2v) is 6.06. The van der Waals surface area contributed by atoms with E-state index in [4.69, 9.17) is 5.73 Å². The van der Waals surface area contributed by atoms with Crippen molar-refractivity contribution in [3.8, 4) is 0 Å². The van der Waals surface area contributed by atoms with E-state index in [-0.39, 0.29) is 0 Å². The van der Waals surface area contributed by atoms with Crippen molar-refractivity contribution in [1.82, 2.24) is 5.32 Å². The Hall–Kier alpha value is -0.730. The van der Waals surface area contributed by atoms with E-state index in [2.05, 4.69) is 24.2 Å². The van der Waals surface area contributed by atoms with Crippen LogP contribution >= 0.6 is 0 Å². The second-order valence-electron chi connectivity index (χ2n) is 6.06. The van der Waals surface area contributed by atoms with Crippen LogP contribution in [0.1, 0.15) is 58.8 Å². The summed E-state index contributed by atoms with van der Waals surface area (Å²) in [6, 6.07) is 1.04. The van der Waals surface area contributed by atoms with Crippen LogP contribution in [0.2, 0.25) is 0 Å². The van der Waals surface area contributed by atoms with Crippen LogP contribution < -0.4 is 11.1 Å². The summed E-state index contributed by atoms with van der Waals surface area (Å²) in [5.41, 5.74) is 6.00. The van der Waals surface area contributed by atoms with Crippen molar-refractivity contribution in [2.45, 2.75) is 70.9 Å². The van der Waals surface area contributed by atoms with Gasteiger partial charge in [0.25, 0.3) is 0 Å². The molecule has 2 saturated carbocycles. The predicted octanol–water partition coefficient (Wildman–Crippen LogP) is 2.66. The van der Waals surface area contributed by atoms with Crippen LogP contribution in [0.15, 0.2) is 4.99 Å². The third kappa shape index (κ3) is 3.62. The fourth-order valence-corrected chi connectivity index (χ4v) is 3.16. The lowest BCUT2D eigenvalue weighted by Gasteiger charge is -2.32. The number of guanidine groups is 1. The summed E-state index contributed by atoms with van der Waals surface area (Å²) in [7, 11) is 0. The van der Waals surface area contributed by atoms with Crippen molar-refractivity contribution < 1.29 is 0 Å². The topological polar surface area (TPSA) is 50.4 Å². The molecule has 17 heavy (non-hydrogen) atoms. The Morgan fingerprint density at radius 2 is 1.76 bits per heavy atom. The molecule has 3 nitrogen and oxygen atoms in total. The van der Waals surface area contributed by atoms with E-state index in [1.54, 1.807) is 0 Å². The van der Waals surface area contributed by atoms with E-state index in [1.807, 2.05) is 0 Å². The Labute approximate surface area is 105 Å². The molecular weight excluding hydrogens is 210 g/mol. The van der Waals surface area contributed by atoms with E-state index < -0.39 is 0 Å². The normalized spacial score (nSPS) is 36.1. The van der Waals surface area contributed by atoms with Crippen molar-refractivity contribution in [2.24, 2.45) is 22.6 Å². The lowest BCUT2D eigenvalue weighted by molar-refractivity contribution is 0.240. The summed E-state index contributed by atoms with van der Waals surface area (Å²) in [5, 5.41) is 3.42. The molecule has 3 unspecified atom stereocenters. The van der Waals surface area contributed by atoms with E-state index in [1.165, 1.54) is 44.9 Å². The highest BCUT2D eigenvalue weighted by Crippen LogP contribution is 2.29. The molecule has 0 saturated heterocycles. The zero-order chi connectivity index (χ0) is 12.3. The van der Waals surface area contributed by atoms with Crippen molar-refractivity contribution in [3.63, 3.8) is 0 Å². The van der Waals surface area contributed by atoms with Crippen LogP contribution in [-0.4, -0.2) is 18.0 Å². The van der Waals surface area contributed by atoms with Gasteiger partial charge in [0.2, 0.25) is 0 Å². The summed E-state index contributed by atoms with van der Waals surface area (Å²) in [5.74, 6) is 2.35. The standard InChI is InChI=1S/C14H27N3/c1-10-7-8-13(9-11(10)2)17-14(15)16-12-5-3-4-6-12/h10-13H,3-9H2,1-2H3,(H3,15,16,17). The van der Waals surface area contributed by atoms with Crippen molar-refractivity contribution >= 4 is 5.96 Å². The molecular formula is C14H27N3. The highest BCUT2D eigenvalue weighted by Gasteiger charge is 2.25. The van der Waals surface area contributed by atoms with Gasteiger partial charge in [-0.25, -0.2) is 0 Å². The molecule has 0 aliphatic heterocycles. The molecule has 2 aliphatic rings. The number of hydrogen-bond donors (Lipinski definition) is 2. The van der Waals surface area contributed by atoms with Gasteiger partial charge in [0.15, 0.2) is 5.96 Å². The zero-order valence-corrected chi connectivity index (χ0v) is 11.3. The van der Waals surface area contributed by atoms with Crippen molar-refractivity contribution in [3.05, 3.63) is 0 Å². The molecule has 3 heteroatoms. The molecule has 0 spiro atoms. The second kappa shape index (κ2) is 5.74. The minimum absolute atomic E-state index is 0.488. The molecule has 0 radical (unpaired) electrons. The first-order chi connectivity index (χ1) is 8.15. The molecule has 0 bridgehead atoms. The van der Waals surface area contributed by atoms with Crippen LogP contribution in [0.5, 0.6) is 0 Å². The fraction of sp³-hybridized carbons (Fsp3) is 0.929. The Morgan fingerprint density at radius 1 is 1.06 bits per heavy atom. The van der Waals surface area contributed by atoms with Gasteiger partial charge in [-0.2, -0.15) is 0 Å². The maximum absolute atomic E-state index is 6.00. The number of nitrogens with one attached hydrogen (secondary N) is 1.